The number of nitrogens with zero attached hydrogens (tertiary/aromatic N) is 4. The molecule has 226 valence electrons. The van der Waals surface area contributed by atoms with E-state index in [1.807, 2.05) is 41.3 Å². The lowest BCUT2D eigenvalue weighted by Gasteiger charge is -2.28. The molecule has 0 saturated heterocycles. The van der Waals surface area contributed by atoms with Crippen LogP contribution in [0, 0.1) is 0 Å². The van der Waals surface area contributed by atoms with E-state index in [0.717, 1.165) is 16.3 Å². The summed E-state index contributed by atoms with van der Waals surface area (Å²) in [5.41, 5.74) is 2.15. The van der Waals surface area contributed by atoms with Crippen molar-refractivity contribution in [3.63, 3.8) is 0 Å². The average Bonchev–Trinajstić information content (AvgIpc) is 2.98. The molecule has 2 N–H and O–H groups in total. The number of carbonyl (C=O) groups excluding carboxylic acids is 4. The zero-order valence-corrected chi connectivity index (χ0v) is 24.9. The predicted molar refractivity (Wildman–Crippen MR) is 165 cm³/mol. The standard InChI is InChI=1S/C33H34N6O5/c1-33(2,3)44-32(43)36-17-18-39-30(41)25-12-8-11-24-27(14-13-26(29(24)25)31(39)42)37-28(40)21-38(19-22-9-4-6-15-34-22)20-23-10-5-7-16-35-23/h4-16H,17-21H2,1-3H3,(H,36,43)(H,37,40). The number of alkyl carbamates (subject to hydrolysis) is 1. The molecule has 4 aromatic rings. The fourth-order valence-corrected chi connectivity index (χ4v) is 5.04. The van der Waals surface area contributed by atoms with Crippen LogP contribution in [0.25, 0.3) is 10.8 Å². The van der Waals surface area contributed by atoms with E-state index < -0.39 is 23.5 Å². The van der Waals surface area contributed by atoms with E-state index in [1.165, 1.54) is 0 Å². The molecule has 0 radical (unpaired) electrons. The van der Waals surface area contributed by atoms with Gasteiger partial charge in [0, 0.05) is 66.2 Å². The van der Waals surface area contributed by atoms with Crippen LogP contribution in [-0.2, 0) is 22.6 Å². The molecule has 0 aliphatic carbocycles. The fourth-order valence-electron chi connectivity index (χ4n) is 5.04. The first-order valence-electron chi connectivity index (χ1n) is 14.3. The molecule has 0 spiro atoms. The zero-order chi connectivity index (χ0) is 31.3. The number of carbonyl (C=O) groups is 4. The third kappa shape index (κ3) is 7.24. The van der Waals surface area contributed by atoms with Gasteiger partial charge >= 0.3 is 6.09 Å². The molecule has 0 unspecified atom stereocenters. The molecule has 0 bridgehead atoms. The van der Waals surface area contributed by atoms with Gasteiger partial charge in [-0.15, -0.1) is 0 Å². The fraction of sp³-hybridized carbons (Fsp3) is 0.273. The molecule has 44 heavy (non-hydrogen) atoms. The molecule has 2 aromatic heterocycles. The van der Waals surface area contributed by atoms with Crippen LogP contribution in [0.5, 0.6) is 0 Å². The van der Waals surface area contributed by atoms with Gasteiger partial charge in [-0.3, -0.25) is 34.2 Å². The lowest BCUT2D eigenvalue weighted by molar-refractivity contribution is -0.117. The molecule has 1 aliphatic heterocycles. The van der Waals surface area contributed by atoms with Crippen molar-refractivity contribution in [3.8, 4) is 0 Å². The van der Waals surface area contributed by atoms with E-state index in [-0.39, 0.29) is 25.5 Å². The highest BCUT2D eigenvalue weighted by Crippen LogP contribution is 2.34. The summed E-state index contributed by atoms with van der Waals surface area (Å²) in [5.74, 6) is -1.21. The quantitative estimate of drug-likeness (QED) is 0.258. The van der Waals surface area contributed by atoms with Gasteiger partial charge in [0.15, 0.2) is 0 Å². The van der Waals surface area contributed by atoms with E-state index in [9.17, 15) is 19.2 Å². The molecule has 1 aliphatic rings. The monoisotopic (exact) mass is 594 g/mol. The van der Waals surface area contributed by atoms with Gasteiger partial charge in [-0.25, -0.2) is 4.79 Å². The molecule has 3 heterocycles. The zero-order valence-electron chi connectivity index (χ0n) is 24.9. The number of aromatic nitrogens is 2. The topological polar surface area (TPSA) is 134 Å². The molecule has 0 saturated carbocycles. The number of imide groups is 1. The largest absolute Gasteiger partial charge is 0.444 e. The van der Waals surface area contributed by atoms with Crippen molar-refractivity contribution in [1.29, 1.82) is 0 Å². The number of hydrogen-bond acceptors (Lipinski definition) is 8. The maximum Gasteiger partial charge on any atom is 0.407 e. The average molecular weight is 595 g/mol. The van der Waals surface area contributed by atoms with Crippen LogP contribution in [0.15, 0.2) is 79.1 Å². The third-order valence-corrected chi connectivity index (χ3v) is 6.86. The number of ether oxygens (including phenoxy) is 1. The molecular weight excluding hydrogens is 560 g/mol. The number of pyridine rings is 2. The molecular formula is C33H34N6O5. The number of benzene rings is 2. The van der Waals surface area contributed by atoms with Gasteiger partial charge in [-0.1, -0.05) is 24.3 Å². The van der Waals surface area contributed by atoms with Crippen molar-refractivity contribution < 1.29 is 23.9 Å². The molecule has 0 fully saturated rings. The first-order chi connectivity index (χ1) is 21.1. The van der Waals surface area contributed by atoms with Crippen LogP contribution in [-0.4, -0.2) is 68.8 Å². The minimum Gasteiger partial charge on any atom is -0.444 e. The number of nitrogens with one attached hydrogen (secondary N) is 2. The Morgan fingerprint density at radius 3 is 2.07 bits per heavy atom. The SMILES string of the molecule is CC(C)(C)OC(=O)NCCN1C(=O)c2cccc3c(NC(=O)CN(Cc4ccccn4)Cc4ccccn4)ccc(c23)C1=O. The van der Waals surface area contributed by atoms with Crippen molar-refractivity contribution in [2.45, 2.75) is 39.5 Å². The van der Waals surface area contributed by atoms with Crippen molar-refractivity contribution in [1.82, 2.24) is 25.1 Å². The molecule has 0 atom stereocenters. The van der Waals surface area contributed by atoms with Gasteiger partial charge in [0.25, 0.3) is 11.8 Å². The molecule has 4 amide bonds. The first kappa shape index (κ1) is 30.3. The van der Waals surface area contributed by atoms with E-state index in [4.69, 9.17) is 4.74 Å². The van der Waals surface area contributed by atoms with Gasteiger partial charge < -0.3 is 15.4 Å². The third-order valence-electron chi connectivity index (χ3n) is 6.86. The van der Waals surface area contributed by atoms with Gasteiger partial charge in [0.05, 0.1) is 17.9 Å². The summed E-state index contributed by atoms with van der Waals surface area (Å²) >= 11 is 0. The number of rotatable bonds is 10. The highest BCUT2D eigenvalue weighted by molar-refractivity contribution is 6.27. The maximum atomic E-state index is 13.4. The van der Waals surface area contributed by atoms with E-state index >= 15 is 0 Å². The van der Waals surface area contributed by atoms with E-state index in [0.29, 0.717) is 40.7 Å². The normalized spacial score (nSPS) is 12.9. The summed E-state index contributed by atoms with van der Waals surface area (Å²) in [4.78, 5) is 64.0. The summed E-state index contributed by atoms with van der Waals surface area (Å²) in [6, 6.07) is 19.7. The second-order valence-corrected chi connectivity index (χ2v) is 11.4. The van der Waals surface area contributed by atoms with Crippen LogP contribution < -0.4 is 10.6 Å². The number of amides is 4. The molecule has 11 heteroatoms. The van der Waals surface area contributed by atoms with Crippen LogP contribution in [0.4, 0.5) is 10.5 Å². The van der Waals surface area contributed by atoms with Crippen molar-refractivity contribution >= 4 is 40.3 Å². The van der Waals surface area contributed by atoms with Crippen LogP contribution in [0.2, 0.25) is 0 Å². The van der Waals surface area contributed by atoms with Crippen LogP contribution >= 0.6 is 0 Å². The van der Waals surface area contributed by atoms with E-state index in [2.05, 4.69) is 20.6 Å². The summed E-state index contributed by atoms with van der Waals surface area (Å²) in [7, 11) is 0. The molecule has 5 rings (SSSR count). The molecule has 11 nitrogen and oxygen atoms in total. The van der Waals surface area contributed by atoms with E-state index in [1.54, 1.807) is 63.5 Å². The smallest absolute Gasteiger partial charge is 0.407 e. The first-order valence-corrected chi connectivity index (χ1v) is 14.3. The Hall–Kier alpha value is -5.16. The maximum absolute atomic E-state index is 13.4. The predicted octanol–water partition coefficient (Wildman–Crippen LogP) is 4.39. The van der Waals surface area contributed by atoms with Gasteiger partial charge in [0.2, 0.25) is 5.91 Å². The Kier molecular flexibility index (Phi) is 8.96. The van der Waals surface area contributed by atoms with Crippen LogP contribution in [0.1, 0.15) is 52.9 Å². The lowest BCUT2D eigenvalue weighted by Crippen LogP contribution is -2.45. The second-order valence-electron chi connectivity index (χ2n) is 11.4. The van der Waals surface area contributed by atoms with Crippen LogP contribution in [0.3, 0.4) is 0 Å². The lowest BCUT2D eigenvalue weighted by atomic mass is 9.93. The van der Waals surface area contributed by atoms with Crippen molar-refractivity contribution in [2.75, 3.05) is 25.0 Å². The Morgan fingerprint density at radius 1 is 0.841 bits per heavy atom. The van der Waals surface area contributed by atoms with Gasteiger partial charge in [0.1, 0.15) is 5.60 Å². The van der Waals surface area contributed by atoms with Crippen molar-refractivity contribution in [3.05, 3.63) is 102 Å². The number of hydrogen-bond donors (Lipinski definition) is 2. The minimum atomic E-state index is -0.668. The Bertz CT molecular complexity index is 1620. The summed E-state index contributed by atoms with van der Waals surface area (Å²) in [6.07, 6.45) is 2.80. The Balaban J connectivity index is 1.32. The number of anilines is 1. The Labute approximate surface area is 255 Å². The second kappa shape index (κ2) is 13.0. The summed E-state index contributed by atoms with van der Waals surface area (Å²) < 4.78 is 5.23. The van der Waals surface area contributed by atoms with Crippen molar-refractivity contribution in [2.24, 2.45) is 0 Å². The van der Waals surface area contributed by atoms with Gasteiger partial charge in [-0.2, -0.15) is 0 Å². The highest BCUT2D eigenvalue weighted by atomic mass is 16.6. The highest BCUT2D eigenvalue weighted by Gasteiger charge is 2.33. The minimum absolute atomic E-state index is 0.0202. The molecule has 2 aromatic carbocycles. The van der Waals surface area contributed by atoms with Gasteiger partial charge in [-0.05, 0) is 63.2 Å². The summed E-state index contributed by atoms with van der Waals surface area (Å²) in [5, 5.41) is 6.63. The Morgan fingerprint density at radius 2 is 1.48 bits per heavy atom. The summed E-state index contributed by atoms with van der Waals surface area (Å²) in [6.45, 7) is 6.21.